The van der Waals surface area contributed by atoms with Crippen LogP contribution in [-0.2, 0) is 0 Å². The number of aliphatic hydroxyl groups is 2. The molecule has 0 heterocycles. The topological polar surface area (TPSA) is 52.5 Å². The largest absolute Gasteiger partial charge is 0.392 e. The SMILES string of the molecule is O[C@H]1CCCC[C@@H]1NCC1(O)CCCCCC1. The second-order valence-electron chi connectivity index (χ2n) is 5.98. The first-order valence-electron chi connectivity index (χ1n) is 7.33. The molecule has 0 aromatic carbocycles. The number of nitrogens with one attached hydrogen (secondary N) is 1. The molecule has 2 rings (SSSR count). The first-order chi connectivity index (χ1) is 8.20. The highest BCUT2D eigenvalue weighted by Gasteiger charge is 2.30. The summed E-state index contributed by atoms with van der Waals surface area (Å²) in [4.78, 5) is 0. The summed E-state index contributed by atoms with van der Waals surface area (Å²) in [5, 5.41) is 23.8. The molecule has 0 bridgehead atoms. The predicted molar refractivity (Wildman–Crippen MR) is 68.9 cm³/mol. The van der Waals surface area contributed by atoms with E-state index in [4.69, 9.17) is 0 Å². The van der Waals surface area contributed by atoms with Crippen molar-refractivity contribution in [2.45, 2.75) is 82.0 Å². The van der Waals surface area contributed by atoms with Gasteiger partial charge in [-0.2, -0.15) is 0 Å². The highest BCUT2D eigenvalue weighted by Crippen LogP contribution is 2.27. The Hall–Kier alpha value is -0.120. The van der Waals surface area contributed by atoms with Crippen LogP contribution in [0.25, 0.3) is 0 Å². The van der Waals surface area contributed by atoms with Gasteiger partial charge in [0.2, 0.25) is 0 Å². The predicted octanol–water partition coefficient (Wildman–Crippen LogP) is 1.96. The van der Waals surface area contributed by atoms with Gasteiger partial charge < -0.3 is 15.5 Å². The highest BCUT2D eigenvalue weighted by atomic mass is 16.3. The molecule has 0 unspecified atom stereocenters. The minimum absolute atomic E-state index is 0.205. The van der Waals surface area contributed by atoms with Crippen molar-refractivity contribution in [3.8, 4) is 0 Å². The fraction of sp³-hybridized carbons (Fsp3) is 1.00. The van der Waals surface area contributed by atoms with Gasteiger partial charge in [-0.25, -0.2) is 0 Å². The fourth-order valence-corrected chi connectivity index (χ4v) is 3.23. The second-order valence-corrected chi connectivity index (χ2v) is 5.98. The molecule has 0 saturated heterocycles. The molecule has 0 aromatic heterocycles. The summed E-state index contributed by atoms with van der Waals surface area (Å²) in [7, 11) is 0. The Kier molecular flexibility index (Phi) is 4.83. The third-order valence-electron chi connectivity index (χ3n) is 4.46. The molecule has 0 radical (unpaired) electrons. The molecule has 3 nitrogen and oxygen atoms in total. The molecule has 2 atom stereocenters. The van der Waals surface area contributed by atoms with Gasteiger partial charge in [-0.3, -0.25) is 0 Å². The normalized spacial score (nSPS) is 34.2. The smallest absolute Gasteiger partial charge is 0.0771 e. The molecule has 3 heteroatoms. The van der Waals surface area contributed by atoms with E-state index in [2.05, 4.69) is 5.32 Å². The molecule has 2 aliphatic rings. The van der Waals surface area contributed by atoms with Crippen LogP contribution in [0.3, 0.4) is 0 Å². The van der Waals surface area contributed by atoms with Gasteiger partial charge in [0, 0.05) is 12.6 Å². The monoisotopic (exact) mass is 241 g/mol. The van der Waals surface area contributed by atoms with Gasteiger partial charge in [0.1, 0.15) is 0 Å². The lowest BCUT2D eigenvalue weighted by molar-refractivity contribution is 0.0113. The van der Waals surface area contributed by atoms with E-state index in [9.17, 15) is 10.2 Å². The average molecular weight is 241 g/mol. The average Bonchev–Trinajstić information content (AvgIpc) is 2.54. The van der Waals surface area contributed by atoms with E-state index < -0.39 is 5.60 Å². The molecule has 3 N–H and O–H groups in total. The lowest BCUT2D eigenvalue weighted by Crippen LogP contribution is -2.49. The maximum Gasteiger partial charge on any atom is 0.0771 e. The zero-order chi connectivity index (χ0) is 12.1. The standard InChI is InChI=1S/C14H27NO2/c16-13-8-4-3-7-12(13)15-11-14(17)9-5-1-2-6-10-14/h12-13,15-17H,1-11H2/t12-,13-/m0/s1. The minimum Gasteiger partial charge on any atom is -0.392 e. The quantitative estimate of drug-likeness (QED) is 0.662. The summed E-state index contributed by atoms with van der Waals surface area (Å²) in [6.07, 6.45) is 10.7. The van der Waals surface area contributed by atoms with Crippen molar-refractivity contribution < 1.29 is 10.2 Å². The van der Waals surface area contributed by atoms with Crippen LogP contribution in [0.5, 0.6) is 0 Å². The van der Waals surface area contributed by atoms with Crippen molar-refractivity contribution >= 4 is 0 Å². The molecule has 2 saturated carbocycles. The Bertz CT molecular complexity index is 224. The van der Waals surface area contributed by atoms with Crippen LogP contribution in [-0.4, -0.2) is 34.5 Å². The van der Waals surface area contributed by atoms with Crippen molar-refractivity contribution in [3.05, 3.63) is 0 Å². The summed E-state index contributed by atoms with van der Waals surface area (Å²) in [5.74, 6) is 0. The third kappa shape index (κ3) is 3.94. The lowest BCUT2D eigenvalue weighted by atomic mass is 9.90. The zero-order valence-electron chi connectivity index (χ0n) is 10.8. The Morgan fingerprint density at radius 2 is 1.59 bits per heavy atom. The summed E-state index contributed by atoms with van der Waals surface area (Å²) < 4.78 is 0. The summed E-state index contributed by atoms with van der Waals surface area (Å²) >= 11 is 0. The van der Waals surface area contributed by atoms with E-state index >= 15 is 0 Å². The van der Waals surface area contributed by atoms with E-state index in [1.54, 1.807) is 0 Å². The molecule has 2 fully saturated rings. The van der Waals surface area contributed by atoms with Gasteiger partial charge in [-0.05, 0) is 25.7 Å². The molecule has 0 aliphatic heterocycles. The highest BCUT2D eigenvalue weighted by molar-refractivity contribution is 4.87. The van der Waals surface area contributed by atoms with Gasteiger partial charge in [0.05, 0.1) is 11.7 Å². The Labute approximate surface area is 105 Å². The molecule has 2 aliphatic carbocycles. The molecule has 0 amide bonds. The second kappa shape index (κ2) is 6.17. The first-order valence-corrected chi connectivity index (χ1v) is 7.33. The number of hydrogen-bond acceptors (Lipinski definition) is 3. The van der Waals surface area contributed by atoms with E-state index in [1.165, 1.54) is 19.3 Å². The van der Waals surface area contributed by atoms with Crippen LogP contribution in [0.15, 0.2) is 0 Å². The van der Waals surface area contributed by atoms with Crippen LogP contribution in [0.4, 0.5) is 0 Å². The van der Waals surface area contributed by atoms with E-state index in [-0.39, 0.29) is 12.1 Å². The molecular weight excluding hydrogens is 214 g/mol. The van der Waals surface area contributed by atoms with Crippen molar-refractivity contribution in [2.24, 2.45) is 0 Å². The number of rotatable bonds is 3. The van der Waals surface area contributed by atoms with Gasteiger partial charge in [-0.1, -0.05) is 38.5 Å². The van der Waals surface area contributed by atoms with Gasteiger partial charge in [-0.15, -0.1) is 0 Å². The Balaban J connectivity index is 1.79. The van der Waals surface area contributed by atoms with Crippen molar-refractivity contribution in [1.82, 2.24) is 5.32 Å². The zero-order valence-corrected chi connectivity index (χ0v) is 10.8. The molecule has 17 heavy (non-hydrogen) atoms. The fourth-order valence-electron chi connectivity index (χ4n) is 3.23. The maximum atomic E-state index is 10.5. The molecular formula is C14H27NO2. The summed E-state index contributed by atoms with van der Waals surface area (Å²) in [6.45, 7) is 0.661. The number of hydrogen-bond donors (Lipinski definition) is 3. The molecule has 0 aromatic rings. The van der Waals surface area contributed by atoms with Crippen molar-refractivity contribution in [2.75, 3.05) is 6.54 Å². The maximum absolute atomic E-state index is 10.5. The van der Waals surface area contributed by atoms with Gasteiger partial charge in [0.25, 0.3) is 0 Å². The Morgan fingerprint density at radius 3 is 2.24 bits per heavy atom. The van der Waals surface area contributed by atoms with Gasteiger partial charge >= 0.3 is 0 Å². The lowest BCUT2D eigenvalue weighted by Gasteiger charge is -2.33. The summed E-state index contributed by atoms with van der Waals surface area (Å²) in [6, 6.07) is 0.205. The van der Waals surface area contributed by atoms with Crippen LogP contribution < -0.4 is 5.32 Å². The van der Waals surface area contributed by atoms with Crippen LogP contribution in [0, 0.1) is 0 Å². The third-order valence-corrected chi connectivity index (χ3v) is 4.46. The molecule has 0 spiro atoms. The van der Waals surface area contributed by atoms with Crippen LogP contribution in [0.1, 0.15) is 64.2 Å². The summed E-state index contributed by atoms with van der Waals surface area (Å²) in [5.41, 5.74) is -0.520. The van der Waals surface area contributed by atoms with E-state index in [0.29, 0.717) is 6.54 Å². The van der Waals surface area contributed by atoms with E-state index in [1.807, 2.05) is 0 Å². The Morgan fingerprint density at radius 1 is 0.941 bits per heavy atom. The van der Waals surface area contributed by atoms with Crippen molar-refractivity contribution in [1.29, 1.82) is 0 Å². The van der Waals surface area contributed by atoms with Gasteiger partial charge in [0.15, 0.2) is 0 Å². The van der Waals surface area contributed by atoms with Crippen LogP contribution >= 0.6 is 0 Å². The first kappa shape index (κ1) is 13.3. The van der Waals surface area contributed by atoms with E-state index in [0.717, 1.165) is 44.9 Å². The van der Waals surface area contributed by atoms with Crippen LogP contribution in [0.2, 0.25) is 0 Å². The van der Waals surface area contributed by atoms with Crippen molar-refractivity contribution in [3.63, 3.8) is 0 Å². The number of aliphatic hydroxyl groups excluding tert-OH is 1. The molecule has 100 valence electrons. The minimum atomic E-state index is -0.520.